The van der Waals surface area contributed by atoms with Crippen LogP contribution in [0.5, 0.6) is 11.5 Å². The average Bonchev–Trinajstić information content (AvgIpc) is 3.01. The lowest BCUT2D eigenvalue weighted by molar-refractivity contribution is 0.0672. The van der Waals surface area contributed by atoms with Crippen LogP contribution >= 0.6 is 0 Å². The van der Waals surface area contributed by atoms with Gasteiger partial charge in [0.1, 0.15) is 5.82 Å². The van der Waals surface area contributed by atoms with E-state index in [1.54, 1.807) is 17.0 Å². The van der Waals surface area contributed by atoms with Crippen LogP contribution in [0.15, 0.2) is 36.4 Å². The Labute approximate surface area is 133 Å². The first-order valence-corrected chi connectivity index (χ1v) is 7.63. The Morgan fingerprint density at radius 1 is 1.22 bits per heavy atom. The monoisotopic (exact) mass is 313 g/mol. The van der Waals surface area contributed by atoms with Gasteiger partial charge in [-0.05, 0) is 48.7 Å². The third-order valence-corrected chi connectivity index (χ3v) is 4.54. The molecular weight excluding hydrogens is 297 g/mol. The van der Waals surface area contributed by atoms with Gasteiger partial charge in [-0.2, -0.15) is 0 Å². The Morgan fingerprint density at radius 2 is 1.96 bits per heavy atom. The summed E-state index contributed by atoms with van der Waals surface area (Å²) in [6.07, 6.45) is 0.719. The molecule has 0 aromatic heterocycles. The van der Waals surface area contributed by atoms with Crippen LogP contribution in [0.2, 0.25) is 0 Å². The van der Waals surface area contributed by atoms with Gasteiger partial charge in [-0.1, -0.05) is 12.1 Å². The number of nitrogens with zero attached hydrogens (tertiary/aromatic N) is 1. The number of halogens is 1. The van der Waals surface area contributed by atoms with Crippen LogP contribution in [0.1, 0.15) is 34.5 Å². The largest absolute Gasteiger partial charge is 0.454 e. The fourth-order valence-electron chi connectivity index (χ4n) is 3.27. The molecule has 2 aliphatic rings. The Hall–Kier alpha value is -2.56. The summed E-state index contributed by atoms with van der Waals surface area (Å²) in [5, 5.41) is 0. The molecule has 0 saturated carbocycles. The molecule has 0 radical (unpaired) electrons. The van der Waals surface area contributed by atoms with E-state index in [0.717, 1.165) is 23.3 Å². The van der Waals surface area contributed by atoms with E-state index in [4.69, 9.17) is 9.47 Å². The van der Waals surface area contributed by atoms with Gasteiger partial charge in [-0.3, -0.25) is 4.79 Å². The van der Waals surface area contributed by atoms with Gasteiger partial charge in [0, 0.05) is 6.54 Å². The molecule has 0 fully saturated rings. The molecule has 4 rings (SSSR count). The first kappa shape index (κ1) is 14.1. The number of amides is 1. The fraction of sp³-hybridized carbons (Fsp3) is 0.278. The minimum atomic E-state index is -0.485. The summed E-state index contributed by atoms with van der Waals surface area (Å²) < 4.78 is 24.7. The number of ether oxygens (including phenoxy) is 2. The van der Waals surface area contributed by atoms with Gasteiger partial charge in [0.15, 0.2) is 11.5 Å². The number of hydrogen-bond donors (Lipinski definition) is 0. The number of hydrogen-bond acceptors (Lipinski definition) is 3. The van der Waals surface area contributed by atoms with Crippen molar-refractivity contribution in [2.75, 3.05) is 13.3 Å². The first-order chi connectivity index (χ1) is 11.1. The van der Waals surface area contributed by atoms with E-state index in [2.05, 4.69) is 0 Å². The van der Waals surface area contributed by atoms with Crippen LogP contribution in [-0.4, -0.2) is 24.1 Å². The Bertz CT molecular complexity index is 790. The number of fused-ring (bicyclic) bond motifs is 2. The van der Waals surface area contributed by atoms with Crippen molar-refractivity contribution in [3.8, 4) is 11.5 Å². The molecule has 0 aliphatic carbocycles. The molecule has 118 valence electrons. The maximum absolute atomic E-state index is 13.9. The quantitative estimate of drug-likeness (QED) is 0.811. The molecule has 0 saturated heterocycles. The highest BCUT2D eigenvalue weighted by Crippen LogP contribution is 2.40. The highest BCUT2D eigenvalue weighted by Gasteiger charge is 2.31. The molecule has 0 spiro atoms. The van der Waals surface area contributed by atoms with E-state index >= 15 is 0 Å². The Morgan fingerprint density at radius 3 is 2.74 bits per heavy atom. The Balaban J connectivity index is 1.68. The number of carbonyl (C=O) groups is 1. The van der Waals surface area contributed by atoms with Gasteiger partial charge in [0.05, 0.1) is 11.6 Å². The smallest absolute Gasteiger partial charge is 0.257 e. The summed E-state index contributed by atoms with van der Waals surface area (Å²) in [7, 11) is 0. The molecule has 1 unspecified atom stereocenters. The summed E-state index contributed by atoms with van der Waals surface area (Å²) in [4.78, 5) is 14.4. The standard InChI is InChI=1S/C18H16FNO3/c1-11-14-9-17-16(22-10-23-17)8-12(14)6-7-20(11)18(21)13-4-2-3-5-15(13)19/h2-5,8-9,11H,6-7,10H2,1H3. The highest BCUT2D eigenvalue weighted by molar-refractivity contribution is 5.95. The van der Waals surface area contributed by atoms with Gasteiger partial charge >= 0.3 is 0 Å². The second kappa shape index (κ2) is 5.26. The highest BCUT2D eigenvalue weighted by atomic mass is 19.1. The minimum Gasteiger partial charge on any atom is -0.454 e. The molecule has 4 nitrogen and oxygen atoms in total. The number of rotatable bonds is 1. The SMILES string of the molecule is CC1c2cc3c(cc2CCN1C(=O)c1ccccc1F)OCO3. The van der Waals surface area contributed by atoms with Gasteiger partial charge in [-0.15, -0.1) is 0 Å². The third-order valence-electron chi connectivity index (χ3n) is 4.54. The van der Waals surface area contributed by atoms with Crippen molar-refractivity contribution in [2.45, 2.75) is 19.4 Å². The predicted molar refractivity (Wildman–Crippen MR) is 82.1 cm³/mol. The van der Waals surface area contributed by atoms with Crippen LogP contribution in [-0.2, 0) is 6.42 Å². The van der Waals surface area contributed by atoms with Crippen LogP contribution in [0.4, 0.5) is 4.39 Å². The molecule has 2 aromatic carbocycles. The van der Waals surface area contributed by atoms with Gasteiger partial charge in [0.2, 0.25) is 6.79 Å². The molecule has 0 bridgehead atoms. The third kappa shape index (κ3) is 2.23. The minimum absolute atomic E-state index is 0.114. The average molecular weight is 313 g/mol. The molecule has 1 atom stereocenters. The second-order valence-corrected chi connectivity index (χ2v) is 5.81. The van der Waals surface area contributed by atoms with Crippen molar-refractivity contribution in [2.24, 2.45) is 0 Å². The fourth-order valence-corrected chi connectivity index (χ4v) is 3.27. The molecule has 23 heavy (non-hydrogen) atoms. The number of benzene rings is 2. The molecule has 0 N–H and O–H groups in total. The lowest BCUT2D eigenvalue weighted by atomic mass is 9.92. The topological polar surface area (TPSA) is 38.8 Å². The summed E-state index contributed by atoms with van der Waals surface area (Å²) in [5.74, 6) is 0.695. The van der Waals surface area contributed by atoms with E-state index in [-0.39, 0.29) is 24.3 Å². The summed E-state index contributed by atoms with van der Waals surface area (Å²) >= 11 is 0. The molecule has 2 aliphatic heterocycles. The molecular formula is C18H16FNO3. The summed E-state index contributed by atoms with van der Waals surface area (Å²) in [5.41, 5.74) is 2.30. The van der Waals surface area contributed by atoms with Gasteiger partial charge in [0.25, 0.3) is 5.91 Å². The van der Waals surface area contributed by atoms with E-state index in [1.165, 1.54) is 12.1 Å². The zero-order valence-corrected chi connectivity index (χ0v) is 12.7. The van der Waals surface area contributed by atoms with Crippen molar-refractivity contribution in [3.05, 3.63) is 58.9 Å². The van der Waals surface area contributed by atoms with E-state index in [1.807, 2.05) is 19.1 Å². The van der Waals surface area contributed by atoms with Gasteiger partial charge < -0.3 is 14.4 Å². The zero-order chi connectivity index (χ0) is 16.0. The summed E-state index contributed by atoms with van der Waals surface area (Å²) in [6, 6.07) is 9.88. The molecule has 5 heteroatoms. The molecule has 2 heterocycles. The van der Waals surface area contributed by atoms with E-state index in [0.29, 0.717) is 12.3 Å². The lowest BCUT2D eigenvalue weighted by Gasteiger charge is -2.35. The van der Waals surface area contributed by atoms with Crippen LogP contribution in [0.25, 0.3) is 0 Å². The predicted octanol–water partition coefficient (Wildman–Crippen LogP) is 3.31. The maximum atomic E-state index is 13.9. The van der Waals surface area contributed by atoms with Crippen LogP contribution in [0.3, 0.4) is 0 Å². The van der Waals surface area contributed by atoms with Crippen molar-refractivity contribution in [1.82, 2.24) is 4.90 Å². The van der Waals surface area contributed by atoms with E-state index < -0.39 is 5.82 Å². The van der Waals surface area contributed by atoms with Crippen LogP contribution < -0.4 is 9.47 Å². The first-order valence-electron chi connectivity index (χ1n) is 7.63. The maximum Gasteiger partial charge on any atom is 0.257 e. The van der Waals surface area contributed by atoms with Crippen molar-refractivity contribution >= 4 is 5.91 Å². The molecule has 1 amide bonds. The number of carbonyl (C=O) groups excluding carboxylic acids is 1. The lowest BCUT2D eigenvalue weighted by Crippen LogP contribution is -2.39. The van der Waals surface area contributed by atoms with Crippen LogP contribution in [0, 0.1) is 5.82 Å². The molecule has 2 aromatic rings. The van der Waals surface area contributed by atoms with Crippen molar-refractivity contribution in [1.29, 1.82) is 0 Å². The van der Waals surface area contributed by atoms with Crippen molar-refractivity contribution in [3.63, 3.8) is 0 Å². The van der Waals surface area contributed by atoms with Gasteiger partial charge in [-0.25, -0.2) is 4.39 Å². The van der Waals surface area contributed by atoms with E-state index in [9.17, 15) is 9.18 Å². The second-order valence-electron chi connectivity index (χ2n) is 5.81. The normalized spacial score (nSPS) is 18.7. The Kier molecular flexibility index (Phi) is 3.22. The van der Waals surface area contributed by atoms with Crippen molar-refractivity contribution < 1.29 is 18.7 Å². The zero-order valence-electron chi connectivity index (χ0n) is 12.7. The summed E-state index contributed by atoms with van der Waals surface area (Å²) in [6.45, 7) is 2.74.